The number of methoxy groups -OCH3 is 1. The molecule has 4 aromatic rings. The highest BCUT2D eigenvalue weighted by molar-refractivity contribution is 5.76. The molecule has 6 nitrogen and oxygen atoms in total. The van der Waals surface area contributed by atoms with Gasteiger partial charge in [0.05, 0.1) is 31.2 Å². The number of aliphatic hydroxyl groups is 1. The van der Waals surface area contributed by atoms with Gasteiger partial charge in [-0.15, -0.1) is 0 Å². The summed E-state index contributed by atoms with van der Waals surface area (Å²) in [6.07, 6.45) is -0.763. The lowest BCUT2D eigenvalue weighted by atomic mass is 10.2. The van der Waals surface area contributed by atoms with Crippen molar-refractivity contribution in [2.45, 2.75) is 19.2 Å². The highest BCUT2D eigenvalue weighted by Crippen LogP contribution is 2.19. The van der Waals surface area contributed by atoms with Crippen LogP contribution in [0.5, 0.6) is 11.5 Å². The predicted molar refractivity (Wildman–Crippen MR) is 116 cm³/mol. The summed E-state index contributed by atoms with van der Waals surface area (Å²) in [6.45, 7) is 0.993. The number of para-hydroxylation sites is 2. The Morgan fingerprint density at radius 1 is 0.867 bits per heavy atom. The van der Waals surface area contributed by atoms with Gasteiger partial charge < -0.3 is 23.7 Å². The van der Waals surface area contributed by atoms with E-state index in [-0.39, 0.29) is 13.2 Å². The Morgan fingerprint density at radius 3 is 2.27 bits per heavy atom. The Bertz CT molecular complexity index is 1180. The van der Waals surface area contributed by atoms with Crippen molar-refractivity contribution >= 4 is 11.0 Å². The lowest BCUT2D eigenvalue weighted by Crippen LogP contribution is -2.31. The molecule has 0 amide bonds. The van der Waals surface area contributed by atoms with Crippen molar-refractivity contribution in [3.8, 4) is 11.5 Å². The number of benzene rings is 3. The van der Waals surface area contributed by atoms with Crippen LogP contribution in [0.3, 0.4) is 0 Å². The fraction of sp³-hybridized carbons (Fsp3) is 0.208. The maximum Gasteiger partial charge on any atom is 0.203 e. The first-order valence-corrected chi connectivity index (χ1v) is 9.87. The highest BCUT2D eigenvalue weighted by atomic mass is 16.5. The van der Waals surface area contributed by atoms with E-state index in [4.69, 9.17) is 14.9 Å². The number of imidazole rings is 1. The number of hydrogen-bond donors (Lipinski definition) is 2. The Kier molecular flexibility index (Phi) is 5.86. The molecule has 30 heavy (non-hydrogen) atoms. The van der Waals surface area contributed by atoms with Gasteiger partial charge in [0.2, 0.25) is 5.62 Å². The summed E-state index contributed by atoms with van der Waals surface area (Å²) in [5.74, 6) is 1.34. The third kappa shape index (κ3) is 4.23. The Morgan fingerprint density at radius 2 is 1.53 bits per heavy atom. The molecule has 4 rings (SSSR count). The molecule has 0 spiro atoms. The first-order chi connectivity index (χ1) is 14.7. The average molecular weight is 403 g/mol. The van der Waals surface area contributed by atoms with E-state index in [1.54, 1.807) is 13.2 Å². The summed E-state index contributed by atoms with van der Waals surface area (Å²) >= 11 is 0. The molecule has 1 aromatic heterocycles. The molecule has 0 radical (unpaired) electrons. The minimum atomic E-state index is -0.763. The van der Waals surface area contributed by atoms with Gasteiger partial charge in [0.25, 0.3) is 0 Å². The zero-order chi connectivity index (χ0) is 20.9. The van der Waals surface area contributed by atoms with Crippen molar-refractivity contribution < 1.29 is 14.6 Å². The Hall–Kier alpha value is -3.51. The second-order valence-corrected chi connectivity index (χ2v) is 7.14. The van der Waals surface area contributed by atoms with Crippen LogP contribution in [-0.4, -0.2) is 34.1 Å². The molecule has 0 saturated heterocycles. The largest absolute Gasteiger partial charge is 0.497 e. The molecule has 0 saturated carbocycles. The van der Waals surface area contributed by atoms with Gasteiger partial charge >= 0.3 is 0 Å². The standard InChI is InChI=1S/C24H25N3O3/c1-29-20-10-7-11-21(14-20)30-17-19(28)16-27-23-13-6-5-12-22(23)26(24(27)25)15-18-8-3-2-4-9-18/h2-14,19,25,28H,15-17H2,1H3. The summed E-state index contributed by atoms with van der Waals surface area (Å²) in [7, 11) is 1.60. The van der Waals surface area contributed by atoms with Crippen LogP contribution in [0, 0.1) is 5.41 Å². The third-order valence-corrected chi connectivity index (χ3v) is 5.04. The van der Waals surface area contributed by atoms with Crippen molar-refractivity contribution in [1.82, 2.24) is 9.13 Å². The number of nitrogens with one attached hydrogen (secondary N) is 1. The molecule has 0 aliphatic carbocycles. The molecular formula is C24H25N3O3. The SMILES string of the molecule is COc1cccc(OCC(O)Cn2c(=N)n(Cc3ccccc3)c3ccccc32)c1. The van der Waals surface area contributed by atoms with Gasteiger partial charge in [-0.25, -0.2) is 0 Å². The fourth-order valence-electron chi connectivity index (χ4n) is 3.55. The third-order valence-electron chi connectivity index (χ3n) is 5.04. The first-order valence-electron chi connectivity index (χ1n) is 9.87. The van der Waals surface area contributed by atoms with Gasteiger partial charge in [-0.1, -0.05) is 48.5 Å². The number of hydrogen-bond acceptors (Lipinski definition) is 4. The molecule has 0 bridgehead atoms. The molecule has 1 heterocycles. The summed E-state index contributed by atoms with van der Waals surface area (Å²) < 4.78 is 14.7. The Labute approximate surface area is 175 Å². The van der Waals surface area contributed by atoms with Gasteiger partial charge in [0.1, 0.15) is 24.2 Å². The monoisotopic (exact) mass is 403 g/mol. The van der Waals surface area contributed by atoms with Crippen LogP contribution in [0.2, 0.25) is 0 Å². The number of nitrogens with zero attached hydrogens (tertiary/aromatic N) is 2. The lowest BCUT2D eigenvalue weighted by Gasteiger charge is -2.14. The van der Waals surface area contributed by atoms with Crippen molar-refractivity contribution in [3.63, 3.8) is 0 Å². The van der Waals surface area contributed by atoms with Crippen LogP contribution >= 0.6 is 0 Å². The zero-order valence-corrected chi connectivity index (χ0v) is 16.9. The molecule has 154 valence electrons. The van der Waals surface area contributed by atoms with Crippen LogP contribution < -0.4 is 15.1 Å². The summed E-state index contributed by atoms with van der Waals surface area (Å²) in [5.41, 5.74) is 3.35. The van der Waals surface area contributed by atoms with Gasteiger partial charge in [0.15, 0.2) is 0 Å². The second kappa shape index (κ2) is 8.88. The van der Waals surface area contributed by atoms with Gasteiger partial charge in [-0.3, -0.25) is 5.41 Å². The number of aliphatic hydroxyl groups excluding tert-OH is 1. The molecule has 0 fully saturated rings. The summed E-state index contributed by atoms with van der Waals surface area (Å²) in [5, 5.41) is 19.3. The van der Waals surface area contributed by atoms with Crippen molar-refractivity contribution in [2.24, 2.45) is 0 Å². The van der Waals surface area contributed by atoms with Crippen LogP contribution in [0.4, 0.5) is 0 Å². The average Bonchev–Trinajstić information content (AvgIpc) is 3.04. The van der Waals surface area contributed by atoms with Crippen LogP contribution in [0.1, 0.15) is 5.56 Å². The number of aromatic nitrogens is 2. The van der Waals surface area contributed by atoms with Crippen LogP contribution in [0.15, 0.2) is 78.9 Å². The molecule has 0 aliphatic rings. The van der Waals surface area contributed by atoms with Gasteiger partial charge in [-0.2, -0.15) is 0 Å². The van der Waals surface area contributed by atoms with E-state index in [2.05, 4.69) is 12.1 Å². The Balaban J connectivity index is 1.55. The first kappa shape index (κ1) is 19.8. The van der Waals surface area contributed by atoms with Gasteiger partial charge in [-0.05, 0) is 29.8 Å². The quantitative estimate of drug-likeness (QED) is 0.474. The van der Waals surface area contributed by atoms with Crippen molar-refractivity contribution in [2.75, 3.05) is 13.7 Å². The second-order valence-electron chi connectivity index (χ2n) is 7.14. The van der Waals surface area contributed by atoms with Crippen LogP contribution in [-0.2, 0) is 13.1 Å². The molecule has 3 aromatic carbocycles. The minimum absolute atomic E-state index is 0.123. The maximum atomic E-state index is 10.6. The predicted octanol–water partition coefficient (Wildman–Crippen LogP) is 3.42. The van der Waals surface area contributed by atoms with E-state index >= 15 is 0 Å². The van der Waals surface area contributed by atoms with E-state index in [0.717, 1.165) is 16.6 Å². The minimum Gasteiger partial charge on any atom is -0.497 e. The van der Waals surface area contributed by atoms with E-state index in [1.807, 2.05) is 69.8 Å². The van der Waals surface area contributed by atoms with Crippen LogP contribution in [0.25, 0.3) is 11.0 Å². The number of ether oxygens (including phenoxy) is 2. The van der Waals surface area contributed by atoms with E-state index in [1.165, 1.54) is 0 Å². The molecule has 2 N–H and O–H groups in total. The molecule has 1 unspecified atom stereocenters. The lowest BCUT2D eigenvalue weighted by molar-refractivity contribution is 0.0920. The van der Waals surface area contributed by atoms with E-state index in [9.17, 15) is 5.11 Å². The maximum absolute atomic E-state index is 10.6. The highest BCUT2D eigenvalue weighted by Gasteiger charge is 2.15. The smallest absolute Gasteiger partial charge is 0.203 e. The zero-order valence-electron chi connectivity index (χ0n) is 16.9. The summed E-state index contributed by atoms with van der Waals surface area (Å²) in [4.78, 5) is 0. The normalized spacial score (nSPS) is 12.1. The number of rotatable bonds is 8. The van der Waals surface area contributed by atoms with E-state index < -0.39 is 6.10 Å². The molecule has 6 heteroatoms. The summed E-state index contributed by atoms with van der Waals surface area (Å²) in [6, 6.07) is 25.3. The van der Waals surface area contributed by atoms with Gasteiger partial charge in [0, 0.05) is 6.07 Å². The van der Waals surface area contributed by atoms with E-state index in [0.29, 0.717) is 23.7 Å². The van der Waals surface area contributed by atoms with Crippen molar-refractivity contribution in [1.29, 1.82) is 5.41 Å². The topological polar surface area (TPSA) is 72.4 Å². The molecule has 0 aliphatic heterocycles. The molecule has 1 atom stereocenters. The van der Waals surface area contributed by atoms with Crippen molar-refractivity contribution in [3.05, 3.63) is 90.0 Å². The fourth-order valence-corrected chi connectivity index (χ4v) is 3.55. The molecular weight excluding hydrogens is 378 g/mol. The number of fused-ring (bicyclic) bond motifs is 1.